The van der Waals surface area contributed by atoms with Gasteiger partial charge in [-0.3, -0.25) is 4.90 Å². The molecule has 1 fully saturated rings. The van der Waals surface area contributed by atoms with Crippen LogP contribution in [0.1, 0.15) is 48.0 Å². The van der Waals surface area contributed by atoms with Crippen LogP contribution >= 0.6 is 0 Å². The average Bonchev–Trinajstić information content (AvgIpc) is 2.60. The minimum absolute atomic E-state index is 0.151. The van der Waals surface area contributed by atoms with Gasteiger partial charge in [-0.1, -0.05) is 41.5 Å². The summed E-state index contributed by atoms with van der Waals surface area (Å²) in [6.07, 6.45) is 0.639. The van der Waals surface area contributed by atoms with E-state index in [1.54, 1.807) is 0 Å². The largest absolute Gasteiger partial charge is 0.313 e. The van der Waals surface area contributed by atoms with Gasteiger partial charge in [-0.2, -0.15) is 5.26 Å². The average molecular weight is 282 g/mol. The van der Waals surface area contributed by atoms with Gasteiger partial charge < -0.3 is 4.57 Å². The second kappa shape index (κ2) is 6.38. The molecular weight excluding hydrogens is 250 g/mol. The summed E-state index contributed by atoms with van der Waals surface area (Å²) in [5, 5.41) is 8.98. The lowest BCUT2D eigenvalue weighted by Crippen LogP contribution is -2.61. The molecule has 0 aliphatic carbocycles. The molecule has 0 bridgehead atoms. The second-order valence-corrected chi connectivity index (χ2v) is 7.97. The molecule has 0 aromatic heterocycles. The van der Waals surface area contributed by atoms with Gasteiger partial charge in [-0.15, -0.1) is 0 Å². The molecule has 19 heavy (non-hydrogen) atoms. The van der Waals surface area contributed by atoms with Gasteiger partial charge in [0, 0.05) is 25.6 Å². The smallest absolute Gasteiger partial charge is 0.0808 e. The Kier molecular flexibility index (Phi) is 5.61. The number of nitrogens with zero attached hydrogens (tertiary/aromatic N) is 3. The molecule has 110 valence electrons. The van der Waals surface area contributed by atoms with E-state index in [9.17, 15) is 0 Å². The standard InChI is InChI=1S/C15H31N3Si/c1-11(2)14-10-18(19)15(12(3)4,13(5)6)17(14)9-7-8-16/h11-14H,7,9-10H2,1-6,19H3. The maximum absolute atomic E-state index is 8.98. The number of hydrogen-bond acceptors (Lipinski definition) is 3. The fourth-order valence-electron chi connectivity index (χ4n) is 4.31. The van der Waals surface area contributed by atoms with E-state index in [0.29, 0.717) is 30.2 Å². The molecule has 1 unspecified atom stereocenters. The molecular formula is C15H31N3Si. The summed E-state index contributed by atoms with van der Waals surface area (Å²) in [6, 6.07) is 2.93. The summed E-state index contributed by atoms with van der Waals surface area (Å²) in [6.45, 7) is 16.1. The van der Waals surface area contributed by atoms with Crippen molar-refractivity contribution in [1.82, 2.24) is 9.47 Å². The molecule has 0 aromatic carbocycles. The van der Waals surface area contributed by atoms with Crippen molar-refractivity contribution in [2.45, 2.75) is 59.7 Å². The second-order valence-electron chi connectivity index (χ2n) is 6.89. The highest BCUT2D eigenvalue weighted by atomic mass is 28.2. The molecule has 1 aliphatic rings. The van der Waals surface area contributed by atoms with Crippen molar-refractivity contribution < 1.29 is 0 Å². The predicted octanol–water partition coefficient (Wildman–Crippen LogP) is 1.83. The van der Waals surface area contributed by atoms with Crippen molar-refractivity contribution in [2.75, 3.05) is 13.1 Å². The van der Waals surface area contributed by atoms with Gasteiger partial charge in [-0.05, 0) is 17.8 Å². The maximum Gasteiger partial charge on any atom is 0.0808 e. The summed E-state index contributed by atoms with van der Waals surface area (Å²) >= 11 is 0. The van der Waals surface area contributed by atoms with Crippen LogP contribution in [0, 0.1) is 29.1 Å². The van der Waals surface area contributed by atoms with Crippen LogP contribution < -0.4 is 0 Å². The van der Waals surface area contributed by atoms with Gasteiger partial charge in [0.05, 0.1) is 22.1 Å². The molecule has 0 aromatic rings. The Hall–Kier alpha value is -0.373. The van der Waals surface area contributed by atoms with Crippen LogP contribution in [0.2, 0.25) is 0 Å². The lowest BCUT2D eigenvalue weighted by atomic mass is 9.83. The normalized spacial score (nSPS) is 24.7. The fraction of sp³-hybridized carbons (Fsp3) is 0.933. The van der Waals surface area contributed by atoms with Crippen molar-refractivity contribution in [1.29, 1.82) is 5.26 Å². The van der Waals surface area contributed by atoms with E-state index >= 15 is 0 Å². The zero-order valence-corrected chi connectivity index (χ0v) is 15.8. The van der Waals surface area contributed by atoms with E-state index in [1.807, 2.05) is 0 Å². The highest BCUT2D eigenvalue weighted by Gasteiger charge is 2.53. The Morgan fingerprint density at radius 2 is 1.74 bits per heavy atom. The van der Waals surface area contributed by atoms with Crippen LogP contribution in [0.15, 0.2) is 0 Å². The Morgan fingerprint density at radius 3 is 2.11 bits per heavy atom. The molecule has 1 aliphatic heterocycles. The Labute approximate surface area is 122 Å². The third kappa shape index (κ3) is 2.74. The van der Waals surface area contributed by atoms with Gasteiger partial charge in [0.25, 0.3) is 0 Å². The highest BCUT2D eigenvalue weighted by molar-refractivity contribution is 6.05. The highest BCUT2D eigenvalue weighted by Crippen LogP contribution is 2.43. The lowest BCUT2D eigenvalue weighted by Gasteiger charge is -2.51. The molecule has 1 heterocycles. The first-order valence-corrected chi connectivity index (χ1v) is 8.54. The molecule has 1 rings (SSSR count). The minimum atomic E-state index is 0.151. The van der Waals surface area contributed by atoms with Crippen molar-refractivity contribution in [2.24, 2.45) is 17.8 Å². The van der Waals surface area contributed by atoms with E-state index < -0.39 is 0 Å². The summed E-state index contributed by atoms with van der Waals surface area (Å²) in [5.41, 5.74) is 0.151. The molecule has 0 spiro atoms. The summed E-state index contributed by atoms with van der Waals surface area (Å²) in [4.78, 5) is 2.66. The van der Waals surface area contributed by atoms with E-state index in [1.165, 1.54) is 6.54 Å². The van der Waals surface area contributed by atoms with Crippen molar-refractivity contribution in [3.63, 3.8) is 0 Å². The SMILES string of the molecule is CC(C)C1CN([SiH3])C(C(C)C)(C(C)C)N1CCC#N. The number of rotatable bonds is 5. The number of nitriles is 1. The van der Waals surface area contributed by atoms with Crippen LogP contribution in [0.3, 0.4) is 0 Å². The van der Waals surface area contributed by atoms with E-state index in [-0.39, 0.29) is 5.66 Å². The predicted molar refractivity (Wildman–Crippen MR) is 84.6 cm³/mol. The topological polar surface area (TPSA) is 30.3 Å². The minimum Gasteiger partial charge on any atom is -0.313 e. The van der Waals surface area contributed by atoms with Gasteiger partial charge in [-0.25, -0.2) is 0 Å². The van der Waals surface area contributed by atoms with Crippen LogP contribution in [0.5, 0.6) is 0 Å². The van der Waals surface area contributed by atoms with Gasteiger partial charge >= 0.3 is 0 Å². The van der Waals surface area contributed by atoms with E-state index in [4.69, 9.17) is 5.26 Å². The van der Waals surface area contributed by atoms with Gasteiger partial charge in [0.2, 0.25) is 0 Å². The first-order chi connectivity index (χ1) is 8.79. The molecule has 0 N–H and O–H groups in total. The molecule has 1 atom stereocenters. The maximum atomic E-state index is 8.98. The Morgan fingerprint density at radius 1 is 1.21 bits per heavy atom. The summed E-state index contributed by atoms with van der Waals surface area (Å²) in [7, 11) is 1.10. The van der Waals surface area contributed by atoms with E-state index in [0.717, 1.165) is 16.9 Å². The zero-order chi connectivity index (χ0) is 14.8. The van der Waals surface area contributed by atoms with Crippen LogP contribution in [-0.4, -0.2) is 44.7 Å². The number of hydrogen-bond donors (Lipinski definition) is 0. The molecule has 3 nitrogen and oxygen atoms in total. The molecule has 1 saturated heterocycles. The first-order valence-electron chi connectivity index (χ1n) is 7.65. The zero-order valence-electron chi connectivity index (χ0n) is 13.8. The summed E-state index contributed by atoms with van der Waals surface area (Å²) in [5.74, 6) is 1.83. The monoisotopic (exact) mass is 281 g/mol. The van der Waals surface area contributed by atoms with Crippen molar-refractivity contribution in [3.05, 3.63) is 0 Å². The lowest BCUT2D eigenvalue weighted by molar-refractivity contribution is -0.0429. The van der Waals surface area contributed by atoms with Gasteiger partial charge in [0.1, 0.15) is 0 Å². The molecule has 0 radical (unpaired) electrons. The Bertz CT molecular complexity index is 325. The fourth-order valence-corrected chi connectivity index (χ4v) is 5.97. The van der Waals surface area contributed by atoms with Crippen molar-refractivity contribution in [3.8, 4) is 6.07 Å². The molecule has 4 heteroatoms. The van der Waals surface area contributed by atoms with Crippen molar-refractivity contribution >= 4 is 10.4 Å². The summed E-state index contributed by atoms with van der Waals surface area (Å²) < 4.78 is 2.67. The van der Waals surface area contributed by atoms with Crippen LogP contribution in [0.4, 0.5) is 0 Å². The van der Waals surface area contributed by atoms with Gasteiger partial charge in [0.15, 0.2) is 0 Å². The first kappa shape index (κ1) is 16.7. The molecule has 0 saturated carbocycles. The third-order valence-corrected chi connectivity index (χ3v) is 5.95. The Balaban J connectivity index is 3.19. The van der Waals surface area contributed by atoms with E-state index in [2.05, 4.69) is 57.1 Å². The van der Waals surface area contributed by atoms with Crippen LogP contribution in [-0.2, 0) is 0 Å². The van der Waals surface area contributed by atoms with Crippen LogP contribution in [0.25, 0.3) is 0 Å². The third-order valence-electron chi connectivity index (χ3n) is 4.87. The molecule has 0 amide bonds. The quantitative estimate of drug-likeness (QED) is 0.720.